The average molecular weight is 184 g/mol. The molecule has 5 nitrogen and oxygen atoms in total. The monoisotopic (exact) mass is 184 g/mol. The fourth-order valence-electron chi connectivity index (χ4n) is 0.813. The topological polar surface area (TPSA) is 84.4 Å². The average Bonchev–Trinajstić information content (AvgIpc) is 2.15. The predicted octanol–water partition coefficient (Wildman–Crippen LogP) is 0.0891. The molecule has 6 heteroatoms. The third-order valence-electron chi connectivity index (χ3n) is 1.43. The minimum absolute atomic E-state index is 0.225. The number of carbonyl (C=O) groups excluding carboxylic acids is 1. The summed E-state index contributed by atoms with van der Waals surface area (Å²) in [5.41, 5.74) is 2.05. The van der Waals surface area contributed by atoms with Gasteiger partial charge < -0.3 is 0 Å². The van der Waals surface area contributed by atoms with Crippen molar-refractivity contribution in [2.24, 2.45) is 11.7 Å². The summed E-state index contributed by atoms with van der Waals surface area (Å²) >= 11 is 0. The Labute approximate surface area is 74.1 Å². The van der Waals surface area contributed by atoms with Crippen molar-refractivity contribution in [2.45, 2.75) is 0 Å². The normalized spacial score (nSPS) is 9.46. The number of nitrogens with one attached hydrogen (secondary N) is 1. The van der Waals surface area contributed by atoms with E-state index in [1.54, 1.807) is 0 Å². The van der Waals surface area contributed by atoms with Crippen LogP contribution in [0.3, 0.4) is 0 Å². The molecule has 0 saturated carbocycles. The van der Waals surface area contributed by atoms with Gasteiger partial charge in [-0.1, -0.05) is 6.07 Å². The predicted molar refractivity (Wildman–Crippen MR) is 45.8 cm³/mol. The molecule has 0 radical (unpaired) electrons. The lowest BCUT2D eigenvalue weighted by Crippen LogP contribution is -2.47. The van der Waals surface area contributed by atoms with Gasteiger partial charge in [0.05, 0.1) is 5.69 Å². The van der Waals surface area contributed by atoms with E-state index in [9.17, 15) is 9.18 Å². The van der Waals surface area contributed by atoms with Crippen molar-refractivity contribution in [3.05, 3.63) is 30.1 Å². The summed E-state index contributed by atoms with van der Waals surface area (Å²) < 4.78 is 12.6. The molecular weight excluding hydrogens is 175 g/mol. The fourth-order valence-corrected chi connectivity index (χ4v) is 0.813. The molecule has 0 atom stereocenters. The van der Waals surface area contributed by atoms with Crippen molar-refractivity contribution in [2.75, 3.05) is 5.01 Å². The summed E-state index contributed by atoms with van der Waals surface area (Å²) in [4.78, 5) is 10.9. The highest BCUT2D eigenvalue weighted by molar-refractivity contribution is 5.90. The van der Waals surface area contributed by atoms with E-state index in [1.807, 2.05) is 5.43 Å². The highest BCUT2D eigenvalue weighted by Crippen LogP contribution is 2.11. The maximum absolute atomic E-state index is 12.6. The lowest BCUT2D eigenvalue weighted by Gasteiger charge is -2.15. The van der Waals surface area contributed by atoms with Crippen molar-refractivity contribution < 1.29 is 9.18 Å². The first kappa shape index (κ1) is 9.43. The highest BCUT2D eigenvalue weighted by Gasteiger charge is 2.09. The van der Waals surface area contributed by atoms with Gasteiger partial charge in [-0.25, -0.2) is 25.9 Å². The van der Waals surface area contributed by atoms with Crippen LogP contribution in [0.25, 0.3) is 0 Å². The summed E-state index contributed by atoms with van der Waals surface area (Å²) in [5.74, 6) is 9.65. The van der Waals surface area contributed by atoms with E-state index in [0.717, 1.165) is 6.07 Å². The zero-order valence-corrected chi connectivity index (χ0v) is 6.70. The van der Waals surface area contributed by atoms with Gasteiger partial charge in [0.15, 0.2) is 0 Å². The molecule has 0 unspecified atom stereocenters. The van der Waals surface area contributed by atoms with Gasteiger partial charge in [0.1, 0.15) is 5.82 Å². The molecule has 0 spiro atoms. The molecule has 1 rings (SSSR count). The number of rotatable bonds is 1. The van der Waals surface area contributed by atoms with Crippen LogP contribution in [0.15, 0.2) is 24.3 Å². The number of nitrogens with two attached hydrogens (primary N) is 2. The second-order valence-electron chi connectivity index (χ2n) is 2.30. The maximum Gasteiger partial charge on any atom is 0.350 e. The van der Waals surface area contributed by atoms with Gasteiger partial charge in [0.2, 0.25) is 0 Å². The number of anilines is 1. The van der Waals surface area contributed by atoms with Crippen LogP contribution in [0.5, 0.6) is 0 Å². The van der Waals surface area contributed by atoms with Crippen molar-refractivity contribution in [3.8, 4) is 0 Å². The first-order valence-electron chi connectivity index (χ1n) is 3.46. The molecule has 1 aromatic carbocycles. The number of halogens is 1. The van der Waals surface area contributed by atoms with E-state index >= 15 is 0 Å². The summed E-state index contributed by atoms with van der Waals surface area (Å²) in [6.07, 6.45) is 0. The van der Waals surface area contributed by atoms with E-state index in [2.05, 4.69) is 0 Å². The summed E-state index contributed by atoms with van der Waals surface area (Å²) in [5, 5.41) is 0.711. The first-order chi connectivity index (χ1) is 6.15. The summed E-state index contributed by atoms with van der Waals surface area (Å²) in [7, 11) is 0. The summed E-state index contributed by atoms with van der Waals surface area (Å²) in [6, 6.07) is 4.57. The molecule has 13 heavy (non-hydrogen) atoms. The molecule has 0 aliphatic rings. The van der Waals surface area contributed by atoms with Gasteiger partial charge >= 0.3 is 6.03 Å². The number of urea groups is 1. The molecule has 0 fully saturated rings. The molecule has 0 aliphatic heterocycles. The zero-order chi connectivity index (χ0) is 9.84. The van der Waals surface area contributed by atoms with E-state index in [1.165, 1.54) is 18.2 Å². The minimum atomic E-state index is -0.717. The lowest BCUT2D eigenvalue weighted by atomic mass is 10.3. The molecule has 2 amide bonds. The van der Waals surface area contributed by atoms with Gasteiger partial charge in [0, 0.05) is 0 Å². The Balaban J connectivity index is 2.88. The molecule has 0 heterocycles. The standard InChI is InChI=1S/C7H9FN4O/c8-5-2-1-3-6(4-5)12(10)7(13)11-9/h1-4H,9-10H2,(H,11,13). The third-order valence-corrected chi connectivity index (χ3v) is 1.43. The van der Waals surface area contributed by atoms with Crippen LogP contribution in [0, 0.1) is 5.82 Å². The van der Waals surface area contributed by atoms with Crippen LogP contribution in [-0.4, -0.2) is 6.03 Å². The first-order valence-corrected chi connectivity index (χ1v) is 3.46. The minimum Gasteiger partial charge on any atom is -0.274 e. The van der Waals surface area contributed by atoms with Crippen LogP contribution in [0.2, 0.25) is 0 Å². The number of benzene rings is 1. The largest absolute Gasteiger partial charge is 0.350 e. The number of hydrogen-bond donors (Lipinski definition) is 3. The van der Waals surface area contributed by atoms with Crippen molar-refractivity contribution in [1.29, 1.82) is 0 Å². The van der Waals surface area contributed by atoms with Crippen LogP contribution in [-0.2, 0) is 0 Å². The molecule has 0 aliphatic carbocycles. The number of carbonyl (C=O) groups is 1. The molecule has 70 valence electrons. The molecule has 0 aromatic heterocycles. The number of nitrogens with zero attached hydrogens (tertiary/aromatic N) is 1. The second-order valence-corrected chi connectivity index (χ2v) is 2.30. The number of hydrazine groups is 2. The van der Waals surface area contributed by atoms with Gasteiger partial charge in [-0.3, -0.25) is 5.43 Å². The van der Waals surface area contributed by atoms with E-state index in [4.69, 9.17) is 11.7 Å². The quantitative estimate of drug-likeness (QED) is 0.328. The Hall–Kier alpha value is -1.66. The van der Waals surface area contributed by atoms with Crippen LogP contribution >= 0.6 is 0 Å². The molecule has 1 aromatic rings. The van der Waals surface area contributed by atoms with Crippen molar-refractivity contribution in [3.63, 3.8) is 0 Å². The number of hydrogen-bond acceptors (Lipinski definition) is 3. The van der Waals surface area contributed by atoms with Crippen LogP contribution < -0.4 is 22.1 Å². The van der Waals surface area contributed by atoms with E-state index in [-0.39, 0.29) is 5.69 Å². The Morgan fingerprint density at radius 1 is 1.54 bits per heavy atom. The van der Waals surface area contributed by atoms with Gasteiger partial charge in [-0.05, 0) is 18.2 Å². The Morgan fingerprint density at radius 2 is 2.23 bits per heavy atom. The van der Waals surface area contributed by atoms with Gasteiger partial charge in [-0.2, -0.15) is 0 Å². The highest BCUT2D eigenvalue weighted by atomic mass is 19.1. The maximum atomic E-state index is 12.6. The van der Waals surface area contributed by atoms with Gasteiger partial charge in [0.25, 0.3) is 0 Å². The molecule has 0 bridgehead atoms. The van der Waals surface area contributed by atoms with Crippen molar-refractivity contribution >= 4 is 11.7 Å². The van der Waals surface area contributed by atoms with E-state index < -0.39 is 11.8 Å². The Kier molecular flexibility index (Phi) is 2.78. The molecule has 0 saturated heterocycles. The number of amides is 2. The second kappa shape index (κ2) is 3.83. The fraction of sp³-hybridized carbons (Fsp3) is 0. The third kappa shape index (κ3) is 2.14. The van der Waals surface area contributed by atoms with Crippen LogP contribution in [0.1, 0.15) is 0 Å². The summed E-state index contributed by atoms with van der Waals surface area (Å²) in [6.45, 7) is 0. The van der Waals surface area contributed by atoms with E-state index in [0.29, 0.717) is 5.01 Å². The smallest absolute Gasteiger partial charge is 0.274 e. The Bertz CT molecular complexity index is 317. The van der Waals surface area contributed by atoms with Gasteiger partial charge in [-0.15, -0.1) is 0 Å². The molecular formula is C7H9FN4O. The zero-order valence-electron chi connectivity index (χ0n) is 6.70. The van der Waals surface area contributed by atoms with Crippen molar-refractivity contribution in [1.82, 2.24) is 5.43 Å². The lowest BCUT2D eigenvalue weighted by molar-refractivity contribution is 0.246. The SMILES string of the molecule is NNC(=O)N(N)c1cccc(F)c1. The molecule has 5 N–H and O–H groups in total. The Morgan fingerprint density at radius 3 is 2.77 bits per heavy atom. The van der Waals surface area contributed by atoms with Crippen LogP contribution in [0.4, 0.5) is 14.9 Å².